The van der Waals surface area contributed by atoms with Crippen LogP contribution < -0.4 is 4.90 Å². The molecule has 280 valence electrons. The van der Waals surface area contributed by atoms with Crippen molar-refractivity contribution >= 4 is 38.9 Å². The third-order valence-electron chi connectivity index (χ3n) is 13.4. The van der Waals surface area contributed by atoms with E-state index in [1.807, 2.05) is 12.4 Å². The van der Waals surface area contributed by atoms with Crippen LogP contribution >= 0.6 is 0 Å². The lowest BCUT2D eigenvalue weighted by Gasteiger charge is -2.34. The van der Waals surface area contributed by atoms with Crippen LogP contribution in [0.5, 0.6) is 0 Å². The number of hydrogen-bond donors (Lipinski definition) is 0. The van der Waals surface area contributed by atoms with Gasteiger partial charge in [-0.1, -0.05) is 90.0 Å². The van der Waals surface area contributed by atoms with E-state index < -0.39 is 0 Å². The highest BCUT2D eigenvalue weighted by atomic mass is 15.2. The van der Waals surface area contributed by atoms with E-state index in [1.54, 1.807) is 0 Å². The SMILES string of the molecule is Cc1ccc(C2=CC3c4cc5c6c(c4N(c4cc(C)ccn4)C3C=C2)CCc2cc3c4cc(-c7ccc(C)cc7)ccc4n(-c4cc(C)ccn4)c3c(c2-6)CC5)cc1. The van der Waals surface area contributed by atoms with E-state index in [1.165, 1.54) is 111 Å². The van der Waals surface area contributed by atoms with Crippen LogP contribution in [0.4, 0.5) is 11.5 Å². The molecular weight excluding hydrogens is 705 g/mol. The minimum atomic E-state index is 0.166. The largest absolute Gasteiger partial charge is 0.318 e. The molecule has 58 heavy (non-hydrogen) atoms. The third kappa shape index (κ3) is 4.94. The number of allylic oxidation sites excluding steroid dienone is 2. The Bertz CT molecular complexity index is 3100. The molecule has 0 spiro atoms. The molecule has 3 aromatic heterocycles. The number of aromatic nitrogens is 3. The van der Waals surface area contributed by atoms with Crippen LogP contribution in [-0.2, 0) is 25.7 Å². The van der Waals surface area contributed by atoms with Gasteiger partial charge >= 0.3 is 0 Å². The highest BCUT2D eigenvalue weighted by molar-refractivity contribution is 6.14. The fraction of sp³-hybridized carbons (Fsp3) is 0.185. The monoisotopic (exact) mass is 748 g/mol. The number of rotatable bonds is 4. The van der Waals surface area contributed by atoms with Crippen LogP contribution in [0.25, 0.3) is 55.5 Å². The average Bonchev–Trinajstić information content (AvgIpc) is 3.75. The molecule has 3 aliphatic carbocycles. The van der Waals surface area contributed by atoms with Gasteiger partial charge in [0.2, 0.25) is 0 Å². The van der Waals surface area contributed by atoms with Gasteiger partial charge in [0, 0.05) is 29.1 Å². The third-order valence-corrected chi connectivity index (χ3v) is 13.4. The molecule has 4 heteroatoms. The molecule has 1 aliphatic heterocycles. The molecule has 8 aromatic rings. The minimum Gasteiger partial charge on any atom is -0.318 e. The first-order chi connectivity index (χ1) is 28.4. The van der Waals surface area contributed by atoms with Crippen molar-refractivity contribution < 1.29 is 0 Å². The standard InChI is InChI=1S/C54H44N4/c1-31-5-9-35(10-6-31)37-15-19-47-43(27-37)45-29-39-13-18-42-52-40(14-17-41(51(39)52)53(45)57(47)49-25-33(3)21-23-55-49)30-46-44-28-38(36-11-7-32(2)8-12-36)16-20-48(44)58(54(42)46)50-26-34(4)22-24-56-50/h5-12,15-16,19-30,43,47H,13-14,17-18H2,1-4H3. The fourth-order valence-electron chi connectivity index (χ4n) is 10.7. The van der Waals surface area contributed by atoms with E-state index in [4.69, 9.17) is 9.97 Å². The summed E-state index contributed by atoms with van der Waals surface area (Å²) in [6, 6.07) is 39.0. The molecule has 12 rings (SSSR count). The highest BCUT2D eigenvalue weighted by Crippen LogP contribution is 2.57. The number of pyridine rings is 2. The zero-order chi connectivity index (χ0) is 38.8. The number of fused-ring (bicyclic) bond motifs is 8. The molecule has 0 saturated heterocycles. The second kappa shape index (κ2) is 12.5. The predicted molar refractivity (Wildman–Crippen MR) is 240 cm³/mol. The van der Waals surface area contributed by atoms with Crippen LogP contribution in [0.3, 0.4) is 0 Å². The van der Waals surface area contributed by atoms with Crippen LogP contribution in [0.2, 0.25) is 0 Å². The van der Waals surface area contributed by atoms with Gasteiger partial charge in [0.25, 0.3) is 0 Å². The van der Waals surface area contributed by atoms with Crippen molar-refractivity contribution in [3.8, 4) is 28.1 Å². The van der Waals surface area contributed by atoms with E-state index >= 15 is 0 Å². The molecule has 0 radical (unpaired) electrons. The number of hydrogen-bond acceptors (Lipinski definition) is 3. The lowest BCUT2D eigenvalue weighted by Crippen LogP contribution is -2.30. The summed E-state index contributed by atoms with van der Waals surface area (Å²) in [6.45, 7) is 8.67. The zero-order valence-corrected chi connectivity index (χ0v) is 33.5. The van der Waals surface area contributed by atoms with Gasteiger partial charge in [-0.25, -0.2) is 9.97 Å². The van der Waals surface area contributed by atoms with Crippen LogP contribution in [-0.4, -0.2) is 20.6 Å². The van der Waals surface area contributed by atoms with Gasteiger partial charge in [-0.2, -0.15) is 0 Å². The van der Waals surface area contributed by atoms with Crippen molar-refractivity contribution in [2.24, 2.45) is 0 Å². The molecule has 0 saturated carbocycles. The molecule has 2 unspecified atom stereocenters. The Hall–Kier alpha value is -6.52. The van der Waals surface area contributed by atoms with Gasteiger partial charge in [0.05, 0.1) is 22.8 Å². The average molecular weight is 749 g/mol. The summed E-state index contributed by atoms with van der Waals surface area (Å²) in [5, 5.41) is 2.63. The first-order valence-electron chi connectivity index (χ1n) is 20.9. The Morgan fingerprint density at radius 2 is 1.19 bits per heavy atom. The van der Waals surface area contributed by atoms with Gasteiger partial charge in [-0.15, -0.1) is 0 Å². The maximum atomic E-state index is 5.06. The van der Waals surface area contributed by atoms with E-state index in [0.717, 1.165) is 37.3 Å². The van der Waals surface area contributed by atoms with Gasteiger partial charge in [0.15, 0.2) is 0 Å². The summed E-state index contributed by atoms with van der Waals surface area (Å²) >= 11 is 0. The number of nitrogens with zero attached hydrogens (tertiary/aromatic N) is 4. The van der Waals surface area contributed by atoms with E-state index in [9.17, 15) is 0 Å². The van der Waals surface area contributed by atoms with E-state index in [-0.39, 0.29) is 12.0 Å². The first kappa shape index (κ1) is 33.6. The predicted octanol–water partition coefficient (Wildman–Crippen LogP) is 12.6. The smallest absolute Gasteiger partial charge is 0.137 e. The summed E-state index contributed by atoms with van der Waals surface area (Å²) in [6.07, 6.45) is 15.3. The van der Waals surface area contributed by atoms with Crippen molar-refractivity contribution in [3.05, 3.63) is 189 Å². The van der Waals surface area contributed by atoms with Crippen molar-refractivity contribution in [1.82, 2.24) is 14.5 Å². The molecule has 0 fully saturated rings. The molecule has 0 N–H and O–H groups in total. The van der Waals surface area contributed by atoms with Gasteiger partial charge in [-0.05, 0) is 168 Å². The molecule has 0 amide bonds. The lowest BCUT2D eigenvalue weighted by molar-refractivity contribution is 0.739. The van der Waals surface area contributed by atoms with E-state index in [2.05, 4.69) is 159 Å². The van der Waals surface area contributed by atoms with Crippen LogP contribution in [0, 0.1) is 27.7 Å². The van der Waals surface area contributed by atoms with Crippen LogP contribution in [0.15, 0.2) is 134 Å². The maximum absolute atomic E-state index is 5.06. The summed E-state index contributed by atoms with van der Waals surface area (Å²) < 4.78 is 2.47. The van der Waals surface area contributed by atoms with Crippen molar-refractivity contribution in [1.29, 1.82) is 0 Å². The topological polar surface area (TPSA) is 34.0 Å². The molecular formula is C54H44N4. The Kier molecular flexibility index (Phi) is 7.24. The van der Waals surface area contributed by atoms with Crippen LogP contribution in [0.1, 0.15) is 61.6 Å². The second-order valence-electron chi connectivity index (χ2n) is 17.2. The van der Waals surface area contributed by atoms with E-state index in [0.29, 0.717) is 0 Å². The van der Waals surface area contributed by atoms with Crippen molar-refractivity contribution in [3.63, 3.8) is 0 Å². The Morgan fingerprint density at radius 3 is 1.93 bits per heavy atom. The summed E-state index contributed by atoms with van der Waals surface area (Å²) in [4.78, 5) is 12.7. The Morgan fingerprint density at radius 1 is 0.552 bits per heavy atom. The summed E-state index contributed by atoms with van der Waals surface area (Å²) in [5.74, 6) is 2.26. The molecule has 4 aliphatic rings. The number of aryl methyl sites for hydroxylation is 7. The van der Waals surface area contributed by atoms with Crippen molar-refractivity contribution in [2.45, 2.75) is 65.3 Å². The molecule has 0 bridgehead atoms. The fourth-order valence-corrected chi connectivity index (χ4v) is 10.7. The zero-order valence-electron chi connectivity index (χ0n) is 33.5. The van der Waals surface area contributed by atoms with Gasteiger partial charge in [-0.3, -0.25) is 4.57 Å². The van der Waals surface area contributed by atoms with Crippen molar-refractivity contribution in [2.75, 3.05) is 4.90 Å². The maximum Gasteiger partial charge on any atom is 0.137 e. The lowest BCUT2D eigenvalue weighted by atomic mass is 9.72. The van der Waals surface area contributed by atoms with Gasteiger partial charge in [0.1, 0.15) is 11.6 Å². The quantitative estimate of drug-likeness (QED) is 0.180. The molecule has 4 nitrogen and oxygen atoms in total. The molecule has 4 heterocycles. The summed E-state index contributed by atoms with van der Waals surface area (Å²) in [5.41, 5.74) is 24.3. The summed E-state index contributed by atoms with van der Waals surface area (Å²) in [7, 11) is 0. The Labute approximate surface area is 339 Å². The second-order valence-corrected chi connectivity index (χ2v) is 17.2. The molecule has 2 atom stereocenters. The first-order valence-corrected chi connectivity index (χ1v) is 20.9. The minimum absolute atomic E-state index is 0.166. The molecule has 5 aromatic carbocycles. The number of anilines is 2. The Balaban J connectivity index is 1.11. The number of benzene rings is 5. The highest BCUT2D eigenvalue weighted by Gasteiger charge is 2.43. The normalized spacial score (nSPS) is 17.4. The van der Waals surface area contributed by atoms with Gasteiger partial charge < -0.3 is 4.90 Å².